The fraction of sp³-hybridized carbons (Fsp3) is 0.222. The molecule has 2 rings (SSSR count). The van der Waals surface area contributed by atoms with Gasteiger partial charge in [0.2, 0.25) is 0 Å². The molecule has 2 aromatic rings. The molecule has 0 spiro atoms. The number of hydrogen-bond donors (Lipinski definition) is 3. The molecule has 0 unspecified atom stereocenters. The normalized spacial score (nSPS) is 11.6. The number of hydrogen-bond acceptors (Lipinski definition) is 4. The Balaban J connectivity index is 0.000000167. The summed E-state index contributed by atoms with van der Waals surface area (Å²) in [6.07, 6.45) is 0. The second kappa shape index (κ2) is 5.06. The first-order valence-corrected chi connectivity index (χ1v) is 4.35. The van der Waals surface area contributed by atoms with Crippen LogP contribution < -0.4 is 5.73 Å². The maximum atomic E-state index is 9.57. The lowest BCUT2D eigenvalue weighted by molar-refractivity contribution is -0.138. The number of fused-ring (bicyclic) bond motifs is 1. The van der Waals surface area contributed by atoms with Crippen molar-refractivity contribution in [1.29, 1.82) is 0 Å². The van der Waals surface area contributed by atoms with E-state index in [9.17, 15) is 4.79 Å². The number of aromatic amines is 1. The van der Waals surface area contributed by atoms with Crippen molar-refractivity contribution in [3.63, 3.8) is 0 Å². The topological polar surface area (TPSA) is 105 Å². The molecule has 15 heavy (non-hydrogen) atoms. The van der Waals surface area contributed by atoms with Crippen LogP contribution in [0.3, 0.4) is 0 Å². The number of carboxylic acid groups (broad SMARTS) is 1. The predicted octanol–water partition coefficient (Wildman–Crippen LogP) is 0.376. The number of carboxylic acids is 1. The number of nitrogens with zero attached hydrogens (tertiary/aromatic N) is 2. The first kappa shape index (κ1) is 11.1. The first-order chi connectivity index (χ1) is 7.11. The number of para-hydroxylation sites is 2. The molecule has 1 heterocycles. The molecule has 0 radical (unpaired) electrons. The van der Waals surface area contributed by atoms with Gasteiger partial charge in [0, 0.05) is 0 Å². The van der Waals surface area contributed by atoms with Crippen molar-refractivity contribution < 1.29 is 9.90 Å². The maximum Gasteiger partial charge on any atom is 0.320 e. The maximum absolute atomic E-state index is 9.57. The van der Waals surface area contributed by atoms with Gasteiger partial charge in [0.15, 0.2) is 0 Å². The lowest BCUT2D eigenvalue weighted by Crippen LogP contribution is -2.25. The van der Waals surface area contributed by atoms with Crippen molar-refractivity contribution in [2.75, 3.05) is 0 Å². The zero-order valence-electron chi connectivity index (χ0n) is 8.21. The molecule has 0 fully saturated rings. The Morgan fingerprint density at radius 2 is 1.80 bits per heavy atom. The Morgan fingerprint density at radius 3 is 2.13 bits per heavy atom. The third-order valence-electron chi connectivity index (χ3n) is 1.61. The highest BCUT2D eigenvalue weighted by molar-refractivity contribution is 5.72. The summed E-state index contributed by atoms with van der Waals surface area (Å²) in [5.41, 5.74) is 6.66. The summed E-state index contributed by atoms with van der Waals surface area (Å²) < 4.78 is 0. The first-order valence-electron chi connectivity index (χ1n) is 4.35. The fourth-order valence-corrected chi connectivity index (χ4v) is 0.786. The molecule has 6 nitrogen and oxygen atoms in total. The van der Waals surface area contributed by atoms with E-state index < -0.39 is 12.0 Å². The minimum absolute atomic E-state index is 0.731. The molecule has 1 atom stereocenters. The highest BCUT2D eigenvalue weighted by Gasteiger charge is 1.99. The van der Waals surface area contributed by atoms with Crippen molar-refractivity contribution in [2.24, 2.45) is 5.73 Å². The standard InChI is InChI=1S/C6H5N3.C3H7NO2/c1-2-4-6-5(3-1)7-9-8-6;1-2(4)3(5)6/h1-4H,(H,7,8,9);2H,4H2,1H3,(H,5,6)/t;2-/m.0/s1. The summed E-state index contributed by atoms with van der Waals surface area (Å²) in [5, 5.41) is 18.2. The summed E-state index contributed by atoms with van der Waals surface area (Å²) in [5.74, 6) is -0.963. The zero-order chi connectivity index (χ0) is 11.3. The number of rotatable bonds is 1. The van der Waals surface area contributed by atoms with Gasteiger partial charge in [-0.05, 0) is 19.1 Å². The molecule has 0 bridgehead atoms. The quantitative estimate of drug-likeness (QED) is 0.628. The van der Waals surface area contributed by atoms with Gasteiger partial charge in [-0.3, -0.25) is 4.79 Å². The lowest BCUT2D eigenvalue weighted by Gasteiger charge is -1.90. The molecule has 0 saturated carbocycles. The highest BCUT2D eigenvalue weighted by Crippen LogP contribution is 2.03. The molecule has 4 N–H and O–H groups in total. The van der Waals surface area contributed by atoms with Crippen molar-refractivity contribution >= 4 is 17.0 Å². The Kier molecular flexibility index (Phi) is 3.75. The van der Waals surface area contributed by atoms with Crippen LogP contribution in [0.2, 0.25) is 0 Å². The third-order valence-corrected chi connectivity index (χ3v) is 1.61. The van der Waals surface area contributed by atoms with Crippen LogP contribution in [-0.2, 0) is 4.79 Å². The number of aromatic nitrogens is 3. The summed E-state index contributed by atoms with van der Waals surface area (Å²) in [4.78, 5) is 9.57. The Bertz CT molecular complexity index is 408. The van der Waals surface area contributed by atoms with Crippen LogP contribution in [0.5, 0.6) is 0 Å². The fourth-order valence-electron chi connectivity index (χ4n) is 0.786. The average Bonchev–Trinajstić information content (AvgIpc) is 2.66. The molecule has 0 aliphatic heterocycles. The van der Waals surface area contributed by atoms with Crippen LogP contribution in [0.25, 0.3) is 11.0 Å². The second-order valence-electron chi connectivity index (χ2n) is 2.94. The van der Waals surface area contributed by atoms with Gasteiger partial charge in [-0.25, -0.2) is 0 Å². The van der Waals surface area contributed by atoms with Gasteiger partial charge >= 0.3 is 5.97 Å². The molecule has 0 saturated heterocycles. The van der Waals surface area contributed by atoms with E-state index in [1.54, 1.807) is 0 Å². The molecule has 0 aliphatic rings. The van der Waals surface area contributed by atoms with E-state index in [1.807, 2.05) is 24.3 Å². The highest BCUT2D eigenvalue weighted by atomic mass is 16.4. The number of benzene rings is 1. The minimum atomic E-state index is -0.963. The van der Waals surface area contributed by atoms with E-state index in [0.29, 0.717) is 0 Å². The Morgan fingerprint density at radius 1 is 1.40 bits per heavy atom. The molecule has 0 aliphatic carbocycles. The van der Waals surface area contributed by atoms with Gasteiger partial charge in [0.25, 0.3) is 0 Å². The van der Waals surface area contributed by atoms with Gasteiger partial charge in [-0.15, -0.1) is 0 Å². The smallest absolute Gasteiger partial charge is 0.320 e. The van der Waals surface area contributed by atoms with Crippen molar-refractivity contribution in [2.45, 2.75) is 13.0 Å². The Hall–Kier alpha value is -1.95. The molecule has 6 heteroatoms. The van der Waals surface area contributed by atoms with Crippen LogP contribution in [0, 0.1) is 0 Å². The van der Waals surface area contributed by atoms with Crippen LogP contribution in [-0.4, -0.2) is 32.5 Å². The SMILES string of the molecule is C[C@H](N)C(=O)O.c1ccc2n[nH]nc2c1. The number of nitrogens with two attached hydrogens (primary N) is 1. The van der Waals surface area contributed by atoms with E-state index in [2.05, 4.69) is 15.4 Å². The van der Waals surface area contributed by atoms with E-state index in [0.717, 1.165) is 11.0 Å². The van der Waals surface area contributed by atoms with E-state index in [-0.39, 0.29) is 0 Å². The lowest BCUT2D eigenvalue weighted by atomic mass is 10.3. The summed E-state index contributed by atoms with van der Waals surface area (Å²) >= 11 is 0. The molecule has 80 valence electrons. The third kappa shape index (κ3) is 3.35. The van der Waals surface area contributed by atoms with Crippen molar-refractivity contribution in [3.8, 4) is 0 Å². The van der Waals surface area contributed by atoms with Gasteiger partial charge in [-0.2, -0.15) is 15.4 Å². The van der Waals surface area contributed by atoms with Crippen LogP contribution >= 0.6 is 0 Å². The van der Waals surface area contributed by atoms with Crippen LogP contribution in [0.1, 0.15) is 6.92 Å². The van der Waals surface area contributed by atoms with E-state index in [1.165, 1.54) is 6.92 Å². The molecular formula is C9H12N4O2. The number of H-pyrrole nitrogens is 1. The Labute approximate surface area is 86.1 Å². The number of nitrogens with one attached hydrogen (secondary N) is 1. The zero-order valence-corrected chi connectivity index (χ0v) is 8.21. The minimum Gasteiger partial charge on any atom is -0.480 e. The molecule has 1 aromatic heterocycles. The molecule has 0 amide bonds. The summed E-state index contributed by atoms with van der Waals surface area (Å²) in [6.45, 7) is 1.42. The van der Waals surface area contributed by atoms with Crippen molar-refractivity contribution in [3.05, 3.63) is 24.3 Å². The average molecular weight is 208 g/mol. The largest absolute Gasteiger partial charge is 0.480 e. The van der Waals surface area contributed by atoms with Gasteiger partial charge in [-0.1, -0.05) is 12.1 Å². The van der Waals surface area contributed by atoms with Crippen LogP contribution in [0.4, 0.5) is 0 Å². The van der Waals surface area contributed by atoms with Crippen LogP contribution in [0.15, 0.2) is 24.3 Å². The second-order valence-corrected chi connectivity index (χ2v) is 2.94. The number of carbonyl (C=O) groups is 1. The number of aliphatic carboxylic acids is 1. The summed E-state index contributed by atoms with van der Waals surface area (Å²) in [6, 6.07) is 6.97. The van der Waals surface area contributed by atoms with E-state index in [4.69, 9.17) is 10.8 Å². The monoisotopic (exact) mass is 208 g/mol. The van der Waals surface area contributed by atoms with Gasteiger partial charge < -0.3 is 10.8 Å². The molecule has 1 aromatic carbocycles. The van der Waals surface area contributed by atoms with Crippen molar-refractivity contribution in [1.82, 2.24) is 15.4 Å². The van der Waals surface area contributed by atoms with Gasteiger partial charge in [0.1, 0.15) is 17.1 Å². The summed E-state index contributed by atoms with van der Waals surface area (Å²) in [7, 11) is 0. The predicted molar refractivity (Wildman–Crippen MR) is 55.2 cm³/mol. The molecular weight excluding hydrogens is 196 g/mol. The van der Waals surface area contributed by atoms with Gasteiger partial charge in [0.05, 0.1) is 0 Å². The van der Waals surface area contributed by atoms with E-state index >= 15 is 0 Å².